The Hall–Kier alpha value is -1.95. The van der Waals surface area contributed by atoms with Gasteiger partial charge in [-0.15, -0.1) is 0 Å². The van der Waals surface area contributed by atoms with Gasteiger partial charge >= 0.3 is 0 Å². The fourth-order valence-electron chi connectivity index (χ4n) is 1.95. The number of halogens is 5. The molecule has 0 heterocycles. The number of benzene rings is 2. The molecule has 0 bridgehead atoms. The van der Waals surface area contributed by atoms with Crippen LogP contribution in [0.15, 0.2) is 30.3 Å². The molecule has 0 aromatic heterocycles. The Balaban J connectivity index is 2.33. The van der Waals surface area contributed by atoms with Crippen LogP contribution in [0.4, 0.5) is 22.0 Å². The van der Waals surface area contributed by atoms with Crippen molar-refractivity contribution in [1.29, 1.82) is 0 Å². The fourth-order valence-corrected chi connectivity index (χ4v) is 1.95. The van der Waals surface area contributed by atoms with Gasteiger partial charge in [0.25, 0.3) is 0 Å². The molecule has 2 rings (SSSR count). The van der Waals surface area contributed by atoms with E-state index in [-0.39, 0.29) is 12.0 Å². The van der Waals surface area contributed by atoms with Gasteiger partial charge < -0.3 is 5.73 Å². The van der Waals surface area contributed by atoms with Gasteiger partial charge in [-0.1, -0.05) is 0 Å². The lowest BCUT2D eigenvalue weighted by Crippen LogP contribution is -2.18. The van der Waals surface area contributed by atoms with Gasteiger partial charge in [-0.2, -0.15) is 0 Å². The van der Waals surface area contributed by atoms with Gasteiger partial charge in [0, 0.05) is 23.7 Å². The van der Waals surface area contributed by atoms with Crippen LogP contribution < -0.4 is 5.73 Å². The number of hydrogen-bond donors (Lipinski definition) is 1. The minimum absolute atomic E-state index is 0.111. The zero-order valence-corrected chi connectivity index (χ0v) is 10.1. The second-order valence-electron chi connectivity index (χ2n) is 4.33. The minimum atomic E-state index is -1.26. The molecule has 0 aliphatic carbocycles. The maximum absolute atomic E-state index is 13.5. The summed E-state index contributed by atoms with van der Waals surface area (Å²) in [5.74, 6) is -4.81. The Morgan fingerprint density at radius 1 is 0.800 bits per heavy atom. The third-order valence-corrected chi connectivity index (χ3v) is 2.86. The molecule has 0 aliphatic rings. The monoisotopic (exact) mass is 287 g/mol. The van der Waals surface area contributed by atoms with Crippen LogP contribution in [0.5, 0.6) is 0 Å². The van der Waals surface area contributed by atoms with E-state index >= 15 is 0 Å². The minimum Gasteiger partial charge on any atom is -0.323 e. The van der Waals surface area contributed by atoms with Gasteiger partial charge in [0.05, 0.1) is 0 Å². The average Bonchev–Trinajstić information content (AvgIpc) is 2.32. The highest BCUT2D eigenvalue weighted by atomic mass is 19.2. The molecule has 20 heavy (non-hydrogen) atoms. The third-order valence-electron chi connectivity index (χ3n) is 2.86. The van der Waals surface area contributed by atoms with Crippen LogP contribution in [-0.4, -0.2) is 0 Å². The van der Waals surface area contributed by atoms with E-state index in [2.05, 4.69) is 0 Å². The maximum atomic E-state index is 13.5. The van der Waals surface area contributed by atoms with Crippen LogP contribution in [0.2, 0.25) is 0 Å². The largest absolute Gasteiger partial charge is 0.323 e. The molecular weight excluding hydrogens is 277 g/mol. The van der Waals surface area contributed by atoms with E-state index in [4.69, 9.17) is 5.73 Å². The summed E-state index contributed by atoms with van der Waals surface area (Å²) in [6.45, 7) is 0. The zero-order valence-electron chi connectivity index (χ0n) is 10.1. The van der Waals surface area contributed by atoms with Crippen molar-refractivity contribution in [3.8, 4) is 0 Å². The van der Waals surface area contributed by atoms with Crippen LogP contribution in [0.3, 0.4) is 0 Å². The second-order valence-corrected chi connectivity index (χ2v) is 4.33. The summed E-state index contributed by atoms with van der Waals surface area (Å²) in [4.78, 5) is 0. The lowest BCUT2D eigenvalue weighted by molar-refractivity contribution is 0.496. The van der Waals surface area contributed by atoms with Crippen molar-refractivity contribution in [3.05, 3.63) is 70.5 Å². The number of nitrogens with two attached hydrogens (primary N) is 1. The van der Waals surface area contributed by atoms with Crippen molar-refractivity contribution < 1.29 is 22.0 Å². The van der Waals surface area contributed by atoms with E-state index in [1.54, 1.807) is 0 Å². The predicted molar refractivity (Wildman–Crippen MR) is 63.3 cm³/mol. The standard InChI is InChI=1S/C14H10F5N/c15-8-1-2-10(17)7(3-8)4-13(20)14-11(18)5-9(16)6-12(14)19/h1-3,5-6,13H,4,20H2. The summed E-state index contributed by atoms with van der Waals surface area (Å²) < 4.78 is 66.3. The molecule has 0 saturated carbocycles. The molecule has 2 aromatic carbocycles. The number of hydrogen-bond acceptors (Lipinski definition) is 1. The first-order valence-corrected chi connectivity index (χ1v) is 5.72. The molecule has 0 saturated heterocycles. The first-order chi connectivity index (χ1) is 9.38. The molecule has 0 amide bonds. The van der Waals surface area contributed by atoms with Gasteiger partial charge in [0.2, 0.25) is 0 Å². The van der Waals surface area contributed by atoms with Gasteiger partial charge in [0.1, 0.15) is 29.1 Å². The molecule has 2 N–H and O–H groups in total. The summed E-state index contributed by atoms with van der Waals surface area (Å²) in [5.41, 5.74) is 4.94. The highest BCUT2D eigenvalue weighted by Gasteiger charge is 2.20. The van der Waals surface area contributed by atoms with Crippen LogP contribution in [-0.2, 0) is 6.42 Å². The summed E-state index contributed by atoms with van der Waals surface area (Å²) >= 11 is 0. The predicted octanol–water partition coefficient (Wildman–Crippen LogP) is 3.62. The highest BCUT2D eigenvalue weighted by molar-refractivity contribution is 5.27. The van der Waals surface area contributed by atoms with Crippen molar-refractivity contribution in [2.75, 3.05) is 0 Å². The van der Waals surface area contributed by atoms with Crippen LogP contribution in [0.1, 0.15) is 17.2 Å². The van der Waals surface area contributed by atoms with Crippen molar-refractivity contribution >= 4 is 0 Å². The van der Waals surface area contributed by atoms with Crippen LogP contribution in [0, 0.1) is 29.1 Å². The van der Waals surface area contributed by atoms with E-state index in [0.29, 0.717) is 12.1 Å². The smallest absolute Gasteiger partial charge is 0.133 e. The Bertz CT molecular complexity index is 618. The van der Waals surface area contributed by atoms with E-state index in [1.807, 2.05) is 0 Å². The summed E-state index contributed by atoms with van der Waals surface area (Å²) in [6, 6.07) is 2.43. The highest BCUT2D eigenvalue weighted by Crippen LogP contribution is 2.24. The van der Waals surface area contributed by atoms with E-state index in [0.717, 1.165) is 18.2 Å². The molecule has 106 valence electrons. The molecular formula is C14H10F5N. The van der Waals surface area contributed by atoms with Crippen LogP contribution in [0.25, 0.3) is 0 Å². The maximum Gasteiger partial charge on any atom is 0.133 e. The molecule has 1 unspecified atom stereocenters. The average molecular weight is 287 g/mol. The Morgan fingerprint density at radius 3 is 2.00 bits per heavy atom. The molecule has 0 spiro atoms. The topological polar surface area (TPSA) is 26.0 Å². The molecule has 2 aromatic rings. The molecule has 6 heteroatoms. The third kappa shape index (κ3) is 2.96. The van der Waals surface area contributed by atoms with Crippen molar-refractivity contribution in [1.82, 2.24) is 0 Å². The Labute approximate surface area is 111 Å². The normalized spacial score (nSPS) is 12.5. The van der Waals surface area contributed by atoms with E-state index in [1.165, 1.54) is 0 Å². The summed E-state index contributed by atoms with van der Waals surface area (Å²) in [5, 5.41) is 0. The molecule has 0 fully saturated rings. The Morgan fingerprint density at radius 2 is 1.40 bits per heavy atom. The number of rotatable bonds is 3. The van der Waals surface area contributed by atoms with Gasteiger partial charge in [-0.05, 0) is 30.2 Å². The second kappa shape index (κ2) is 5.58. The Kier molecular flexibility index (Phi) is 4.04. The fraction of sp³-hybridized carbons (Fsp3) is 0.143. The lowest BCUT2D eigenvalue weighted by Gasteiger charge is -2.14. The molecule has 1 atom stereocenters. The first-order valence-electron chi connectivity index (χ1n) is 5.72. The lowest BCUT2D eigenvalue weighted by atomic mass is 9.98. The van der Waals surface area contributed by atoms with Crippen molar-refractivity contribution in [2.45, 2.75) is 12.5 Å². The molecule has 1 nitrogen and oxygen atoms in total. The van der Waals surface area contributed by atoms with Gasteiger partial charge in [-0.3, -0.25) is 0 Å². The van der Waals surface area contributed by atoms with Crippen molar-refractivity contribution in [3.63, 3.8) is 0 Å². The zero-order chi connectivity index (χ0) is 14.9. The van der Waals surface area contributed by atoms with E-state index < -0.39 is 40.7 Å². The SMILES string of the molecule is NC(Cc1cc(F)ccc1F)c1c(F)cc(F)cc1F. The van der Waals surface area contributed by atoms with Crippen LogP contribution >= 0.6 is 0 Å². The molecule has 0 radical (unpaired) electrons. The van der Waals surface area contributed by atoms with Gasteiger partial charge in [-0.25, -0.2) is 22.0 Å². The summed E-state index contributed by atoms with van der Waals surface area (Å²) in [6.07, 6.45) is -0.316. The first kappa shape index (κ1) is 14.5. The van der Waals surface area contributed by atoms with Crippen molar-refractivity contribution in [2.24, 2.45) is 5.73 Å². The van der Waals surface area contributed by atoms with Gasteiger partial charge in [0.15, 0.2) is 0 Å². The quantitative estimate of drug-likeness (QED) is 0.857. The summed E-state index contributed by atoms with van der Waals surface area (Å²) in [7, 11) is 0. The van der Waals surface area contributed by atoms with E-state index in [9.17, 15) is 22.0 Å². The molecule has 0 aliphatic heterocycles.